The fourth-order valence-electron chi connectivity index (χ4n) is 1.94. The van der Waals surface area contributed by atoms with Gasteiger partial charge in [0.2, 0.25) is 0 Å². The molecule has 0 radical (unpaired) electrons. The highest BCUT2D eigenvalue weighted by Gasteiger charge is 1.99. The first-order valence-corrected chi connectivity index (χ1v) is 6.39. The van der Waals surface area contributed by atoms with Gasteiger partial charge in [-0.2, -0.15) is 0 Å². The number of hydrogen-bond donors (Lipinski definition) is 1. The SMILES string of the molecule is Cc1nccc(CNc2cccc(CN(C)C)c2)n1. The van der Waals surface area contributed by atoms with Crippen molar-refractivity contribution in [1.82, 2.24) is 14.9 Å². The molecule has 0 atom stereocenters. The third-order valence-electron chi connectivity index (χ3n) is 2.73. The van der Waals surface area contributed by atoms with Crippen molar-refractivity contribution in [2.24, 2.45) is 0 Å². The number of hydrogen-bond acceptors (Lipinski definition) is 4. The molecule has 0 aliphatic heterocycles. The van der Waals surface area contributed by atoms with Crippen LogP contribution < -0.4 is 5.32 Å². The van der Waals surface area contributed by atoms with Crippen LogP contribution in [0.25, 0.3) is 0 Å². The van der Waals surface area contributed by atoms with Gasteiger partial charge >= 0.3 is 0 Å². The van der Waals surface area contributed by atoms with Gasteiger partial charge in [0, 0.05) is 18.4 Å². The lowest BCUT2D eigenvalue weighted by Crippen LogP contribution is -2.11. The minimum atomic E-state index is 0.717. The van der Waals surface area contributed by atoms with E-state index in [1.807, 2.05) is 13.0 Å². The summed E-state index contributed by atoms with van der Waals surface area (Å²) in [4.78, 5) is 10.6. The lowest BCUT2D eigenvalue weighted by Gasteiger charge is -2.12. The Labute approximate surface area is 114 Å². The van der Waals surface area contributed by atoms with Crippen LogP contribution in [0.5, 0.6) is 0 Å². The highest BCUT2D eigenvalue weighted by atomic mass is 15.0. The first kappa shape index (κ1) is 13.5. The highest BCUT2D eigenvalue weighted by molar-refractivity contribution is 5.45. The number of nitrogens with zero attached hydrogens (tertiary/aromatic N) is 3. The van der Waals surface area contributed by atoms with Gasteiger partial charge < -0.3 is 10.2 Å². The molecule has 1 heterocycles. The summed E-state index contributed by atoms with van der Waals surface area (Å²) < 4.78 is 0. The van der Waals surface area contributed by atoms with Crippen LogP contribution >= 0.6 is 0 Å². The highest BCUT2D eigenvalue weighted by Crippen LogP contribution is 2.12. The van der Waals surface area contributed by atoms with Gasteiger partial charge in [0.1, 0.15) is 5.82 Å². The molecule has 2 aromatic rings. The Balaban J connectivity index is 1.99. The molecule has 1 aromatic carbocycles. The molecule has 1 N–H and O–H groups in total. The third-order valence-corrected chi connectivity index (χ3v) is 2.73. The van der Waals surface area contributed by atoms with Crippen LogP contribution in [0, 0.1) is 6.92 Å². The van der Waals surface area contributed by atoms with E-state index in [9.17, 15) is 0 Å². The Morgan fingerprint density at radius 3 is 2.79 bits per heavy atom. The molecular weight excluding hydrogens is 236 g/mol. The Bertz CT molecular complexity index is 537. The summed E-state index contributed by atoms with van der Waals surface area (Å²) in [5.41, 5.74) is 3.43. The van der Waals surface area contributed by atoms with Gasteiger partial charge in [-0.15, -0.1) is 0 Å². The summed E-state index contributed by atoms with van der Waals surface area (Å²) in [6, 6.07) is 10.4. The Hall–Kier alpha value is -1.94. The largest absolute Gasteiger partial charge is 0.379 e. The first-order chi connectivity index (χ1) is 9.13. The van der Waals surface area contributed by atoms with Crippen molar-refractivity contribution in [2.45, 2.75) is 20.0 Å². The van der Waals surface area contributed by atoms with Gasteiger partial charge in [-0.05, 0) is 44.8 Å². The monoisotopic (exact) mass is 256 g/mol. The van der Waals surface area contributed by atoms with E-state index in [1.165, 1.54) is 5.56 Å². The lowest BCUT2D eigenvalue weighted by molar-refractivity contribution is 0.402. The molecule has 4 heteroatoms. The van der Waals surface area contributed by atoms with Crippen molar-refractivity contribution in [3.63, 3.8) is 0 Å². The van der Waals surface area contributed by atoms with E-state index >= 15 is 0 Å². The predicted molar refractivity (Wildman–Crippen MR) is 77.9 cm³/mol. The molecule has 0 aliphatic rings. The van der Waals surface area contributed by atoms with Gasteiger partial charge in [0.05, 0.1) is 12.2 Å². The minimum Gasteiger partial charge on any atom is -0.379 e. The van der Waals surface area contributed by atoms with E-state index in [2.05, 4.69) is 58.5 Å². The van der Waals surface area contributed by atoms with Crippen LogP contribution in [0.2, 0.25) is 0 Å². The molecule has 0 unspecified atom stereocenters. The summed E-state index contributed by atoms with van der Waals surface area (Å²) in [5, 5.41) is 3.39. The Kier molecular flexibility index (Phi) is 4.47. The summed E-state index contributed by atoms with van der Waals surface area (Å²) in [5.74, 6) is 0.806. The maximum atomic E-state index is 4.38. The van der Waals surface area contributed by atoms with Crippen molar-refractivity contribution in [1.29, 1.82) is 0 Å². The quantitative estimate of drug-likeness (QED) is 0.892. The zero-order valence-corrected chi connectivity index (χ0v) is 11.7. The van der Waals surface area contributed by atoms with Gasteiger partial charge in [0.25, 0.3) is 0 Å². The van der Waals surface area contributed by atoms with E-state index in [-0.39, 0.29) is 0 Å². The van der Waals surface area contributed by atoms with Crippen LogP contribution in [0.15, 0.2) is 36.5 Å². The number of aryl methyl sites for hydroxylation is 1. The Morgan fingerprint density at radius 2 is 2.05 bits per heavy atom. The average Bonchev–Trinajstić information content (AvgIpc) is 2.36. The molecule has 0 spiro atoms. The van der Waals surface area contributed by atoms with Crippen molar-refractivity contribution in [3.05, 3.63) is 53.6 Å². The van der Waals surface area contributed by atoms with Crippen molar-refractivity contribution >= 4 is 5.69 Å². The van der Waals surface area contributed by atoms with E-state index < -0.39 is 0 Å². The smallest absolute Gasteiger partial charge is 0.125 e. The minimum absolute atomic E-state index is 0.717. The maximum absolute atomic E-state index is 4.38. The topological polar surface area (TPSA) is 41.1 Å². The number of rotatable bonds is 5. The number of anilines is 1. The molecule has 19 heavy (non-hydrogen) atoms. The van der Waals surface area contributed by atoms with Crippen LogP contribution in [0.4, 0.5) is 5.69 Å². The lowest BCUT2D eigenvalue weighted by atomic mass is 10.2. The second kappa shape index (κ2) is 6.29. The molecule has 2 rings (SSSR count). The average molecular weight is 256 g/mol. The molecule has 0 aliphatic carbocycles. The molecule has 0 fully saturated rings. The van der Waals surface area contributed by atoms with Gasteiger partial charge in [-0.1, -0.05) is 12.1 Å². The Morgan fingerprint density at radius 1 is 1.21 bits per heavy atom. The van der Waals surface area contributed by atoms with Crippen LogP contribution in [0.3, 0.4) is 0 Å². The summed E-state index contributed by atoms with van der Waals surface area (Å²) in [6.45, 7) is 3.57. The molecular formula is C15H20N4. The summed E-state index contributed by atoms with van der Waals surface area (Å²) >= 11 is 0. The van der Waals surface area contributed by atoms with Crippen LogP contribution in [0.1, 0.15) is 17.1 Å². The maximum Gasteiger partial charge on any atom is 0.125 e. The number of nitrogens with one attached hydrogen (secondary N) is 1. The molecule has 0 saturated heterocycles. The zero-order valence-electron chi connectivity index (χ0n) is 11.7. The normalized spacial score (nSPS) is 10.7. The van der Waals surface area contributed by atoms with Gasteiger partial charge in [0.15, 0.2) is 0 Å². The third kappa shape index (κ3) is 4.34. The standard InChI is InChI=1S/C15H20N4/c1-12-16-8-7-15(18-12)10-17-14-6-4-5-13(9-14)11-19(2)3/h4-9,17H,10-11H2,1-3H3. The van der Waals surface area contributed by atoms with E-state index in [0.717, 1.165) is 30.3 Å². The van der Waals surface area contributed by atoms with Crippen LogP contribution in [-0.4, -0.2) is 29.0 Å². The summed E-state index contributed by atoms with van der Waals surface area (Å²) in [6.07, 6.45) is 1.79. The number of benzene rings is 1. The van der Waals surface area contributed by atoms with Crippen molar-refractivity contribution in [3.8, 4) is 0 Å². The van der Waals surface area contributed by atoms with E-state index in [0.29, 0.717) is 0 Å². The fourth-order valence-corrected chi connectivity index (χ4v) is 1.94. The fraction of sp³-hybridized carbons (Fsp3) is 0.333. The van der Waals surface area contributed by atoms with Gasteiger partial charge in [-0.3, -0.25) is 0 Å². The summed E-state index contributed by atoms with van der Waals surface area (Å²) in [7, 11) is 4.15. The van der Waals surface area contributed by atoms with Crippen molar-refractivity contribution < 1.29 is 0 Å². The molecule has 4 nitrogen and oxygen atoms in total. The van der Waals surface area contributed by atoms with Crippen LogP contribution in [-0.2, 0) is 13.1 Å². The second-order valence-corrected chi connectivity index (χ2v) is 4.89. The molecule has 0 amide bonds. The number of aromatic nitrogens is 2. The molecule has 1 aromatic heterocycles. The zero-order chi connectivity index (χ0) is 13.7. The van der Waals surface area contributed by atoms with E-state index in [4.69, 9.17) is 0 Å². The van der Waals surface area contributed by atoms with Gasteiger partial charge in [-0.25, -0.2) is 9.97 Å². The predicted octanol–water partition coefficient (Wildman–Crippen LogP) is 2.46. The second-order valence-electron chi connectivity index (χ2n) is 4.89. The molecule has 100 valence electrons. The van der Waals surface area contributed by atoms with Crippen molar-refractivity contribution in [2.75, 3.05) is 19.4 Å². The molecule has 0 bridgehead atoms. The first-order valence-electron chi connectivity index (χ1n) is 6.39. The van der Waals surface area contributed by atoms with E-state index in [1.54, 1.807) is 6.20 Å². The molecule has 0 saturated carbocycles.